The first kappa shape index (κ1) is 12.4. The van der Waals surface area contributed by atoms with Crippen LogP contribution >= 0.6 is 11.5 Å². The number of aryl methyl sites for hydroxylation is 1. The van der Waals surface area contributed by atoms with Gasteiger partial charge in [-0.05, 0) is 37.3 Å². The second-order valence-electron chi connectivity index (χ2n) is 4.32. The molecule has 0 spiro atoms. The molecule has 2 rings (SSSR count). The fourth-order valence-electron chi connectivity index (χ4n) is 2.01. The molecule has 0 saturated carbocycles. The number of piperidine rings is 1. The van der Waals surface area contributed by atoms with Crippen molar-refractivity contribution in [3.63, 3.8) is 0 Å². The maximum absolute atomic E-state index is 12.1. The van der Waals surface area contributed by atoms with Crippen molar-refractivity contribution in [2.24, 2.45) is 0 Å². The Morgan fingerprint density at radius 1 is 1.65 bits per heavy atom. The van der Waals surface area contributed by atoms with Crippen LogP contribution in [-0.2, 0) is 6.42 Å². The number of nitrogens with zero attached hydrogens (tertiary/aromatic N) is 2. The summed E-state index contributed by atoms with van der Waals surface area (Å²) < 4.78 is 3.87. The number of hydrogen-bond donors (Lipinski definition) is 2. The quantitative estimate of drug-likeness (QED) is 0.840. The van der Waals surface area contributed by atoms with E-state index in [-0.39, 0.29) is 11.9 Å². The fraction of sp³-hybridized carbons (Fsp3) is 0.727. The summed E-state index contributed by atoms with van der Waals surface area (Å²) in [5.74, 6) is -0.0165. The average Bonchev–Trinajstić information content (AvgIpc) is 2.79. The van der Waals surface area contributed by atoms with Gasteiger partial charge in [-0.25, -0.2) is 0 Å². The molecule has 0 bridgehead atoms. The lowest BCUT2D eigenvalue weighted by atomic mass is 10.1. The van der Waals surface area contributed by atoms with E-state index in [1.165, 1.54) is 11.5 Å². The van der Waals surface area contributed by atoms with Crippen LogP contribution in [0, 0.1) is 0 Å². The fourth-order valence-corrected chi connectivity index (χ4v) is 2.62. The van der Waals surface area contributed by atoms with Gasteiger partial charge in [-0.15, -0.1) is 5.10 Å². The number of aromatic nitrogens is 2. The Morgan fingerprint density at radius 3 is 3.24 bits per heavy atom. The lowest BCUT2D eigenvalue weighted by Gasteiger charge is -2.23. The second-order valence-corrected chi connectivity index (χ2v) is 5.07. The molecule has 2 heterocycles. The first-order valence-electron chi connectivity index (χ1n) is 6.14. The van der Waals surface area contributed by atoms with Gasteiger partial charge in [0.05, 0.1) is 5.69 Å². The predicted octanol–water partition coefficient (Wildman–Crippen LogP) is 0.972. The lowest BCUT2D eigenvalue weighted by Crippen LogP contribution is -2.45. The Bertz CT molecular complexity index is 373. The molecule has 1 amide bonds. The minimum Gasteiger partial charge on any atom is -0.347 e. The van der Waals surface area contributed by atoms with Crippen LogP contribution in [0.4, 0.5) is 0 Å². The van der Waals surface area contributed by atoms with E-state index in [0.29, 0.717) is 4.88 Å². The zero-order valence-corrected chi connectivity index (χ0v) is 10.8. The second kappa shape index (κ2) is 6.07. The number of amides is 1. The molecular weight excluding hydrogens is 236 g/mol. The van der Waals surface area contributed by atoms with Crippen molar-refractivity contribution < 1.29 is 4.79 Å². The van der Waals surface area contributed by atoms with Gasteiger partial charge >= 0.3 is 0 Å². The maximum atomic E-state index is 12.1. The SMILES string of the molecule is CCCc1nnsc1C(=O)NC1CCCNC1. The Kier molecular flexibility index (Phi) is 4.44. The summed E-state index contributed by atoms with van der Waals surface area (Å²) in [7, 11) is 0. The third-order valence-corrected chi connectivity index (χ3v) is 3.65. The van der Waals surface area contributed by atoms with E-state index in [1.54, 1.807) is 0 Å². The highest BCUT2D eigenvalue weighted by Gasteiger charge is 2.20. The first-order valence-corrected chi connectivity index (χ1v) is 6.91. The Labute approximate surface area is 105 Å². The molecule has 2 N–H and O–H groups in total. The Morgan fingerprint density at radius 2 is 2.53 bits per heavy atom. The van der Waals surface area contributed by atoms with Gasteiger partial charge in [-0.3, -0.25) is 4.79 Å². The minimum absolute atomic E-state index is 0.0165. The molecule has 1 unspecified atom stereocenters. The monoisotopic (exact) mass is 254 g/mol. The predicted molar refractivity (Wildman–Crippen MR) is 67.3 cm³/mol. The van der Waals surface area contributed by atoms with Crippen LogP contribution in [0.15, 0.2) is 0 Å². The van der Waals surface area contributed by atoms with Crippen LogP contribution in [0.25, 0.3) is 0 Å². The molecule has 1 aliphatic heterocycles. The highest BCUT2D eigenvalue weighted by atomic mass is 32.1. The van der Waals surface area contributed by atoms with E-state index >= 15 is 0 Å². The van der Waals surface area contributed by atoms with Crippen molar-refractivity contribution in [3.8, 4) is 0 Å². The third kappa shape index (κ3) is 3.23. The standard InChI is InChI=1S/C11H18N4OS/c1-2-4-9-10(17-15-14-9)11(16)13-8-5-3-6-12-7-8/h8,12H,2-7H2,1H3,(H,13,16). The molecule has 1 fully saturated rings. The molecule has 6 heteroatoms. The third-order valence-electron chi connectivity index (χ3n) is 2.88. The molecule has 1 aromatic heterocycles. The van der Waals surface area contributed by atoms with E-state index < -0.39 is 0 Å². The van der Waals surface area contributed by atoms with E-state index in [0.717, 1.165) is 44.5 Å². The smallest absolute Gasteiger partial charge is 0.265 e. The molecule has 0 aromatic carbocycles. The van der Waals surface area contributed by atoms with Gasteiger partial charge in [0, 0.05) is 12.6 Å². The van der Waals surface area contributed by atoms with Gasteiger partial charge in [-0.1, -0.05) is 17.8 Å². The Balaban J connectivity index is 1.96. The number of carbonyl (C=O) groups excluding carboxylic acids is 1. The number of carbonyl (C=O) groups is 1. The summed E-state index contributed by atoms with van der Waals surface area (Å²) in [5, 5.41) is 10.3. The summed E-state index contributed by atoms with van der Waals surface area (Å²) in [6.07, 6.45) is 3.97. The van der Waals surface area contributed by atoms with Gasteiger partial charge in [0.1, 0.15) is 4.88 Å². The van der Waals surface area contributed by atoms with Crippen molar-refractivity contribution in [3.05, 3.63) is 10.6 Å². The molecule has 17 heavy (non-hydrogen) atoms. The van der Waals surface area contributed by atoms with Crippen molar-refractivity contribution in [2.75, 3.05) is 13.1 Å². The van der Waals surface area contributed by atoms with E-state index in [1.807, 2.05) is 0 Å². The largest absolute Gasteiger partial charge is 0.347 e. The van der Waals surface area contributed by atoms with Crippen molar-refractivity contribution >= 4 is 17.4 Å². The zero-order valence-electron chi connectivity index (χ0n) is 10.0. The normalized spacial score (nSPS) is 20.2. The van der Waals surface area contributed by atoms with Gasteiger partial charge in [0.15, 0.2) is 0 Å². The molecule has 5 nitrogen and oxygen atoms in total. The van der Waals surface area contributed by atoms with E-state index in [4.69, 9.17) is 0 Å². The number of rotatable bonds is 4. The molecule has 1 saturated heterocycles. The van der Waals surface area contributed by atoms with Crippen LogP contribution in [0.5, 0.6) is 0 Å². The van der Waals surface area contributed by atoms with Crippen LogP contribution in [0.2, 0.25) is 0 Å². The highest BCUT2D eigenvalue weighted by Crippen LogP contribution is 2.13. The van der Waals surface area contributed by atoms with Crippen LogP contribution in [0.1, 0.15) is 41.6 Å². The van der Waals surface area contributed by atoms with E-state index in [9.17, 15) is 4.79 Å². The van der Waals surface area contributed by atoms with Gasteiger partial charge < -0.3 is 10.6 Å². The summed E-state index contributed by atoms with van der Waals surface area (Å²) in [6.45, 7) is 3.99. The summed E-state index contributed by atoms with van der Waals surface area (Å²) in [5.41, 5.74) is 0.832. The molecule has 94 valence electrons. The molecule has 1 aromatic rings. The molecular formula is C11H18N4OS. The molecule has 1 atom stereocenters. The number of nitrogens with one attached hydrogen (secondary N) is 2. The summed E-state index contributed by atoms with van der Waals surface area (Å²) >= 11 is 1.19. The van der Waals surface area contributed by atoms with Gasteiger partial charge in [0.25, 0.3) is 5.91 Å². The average molecular weight is 254 g/mol. The molecule has 1 aliphatic rings. The minimum atomic E-state index is -0.0165. The maximum Gasteiger partial charge on any atom is 0.265 e. The van der Waals surface area contributed by atoms with Crippen molar-refractivity contribution in [1.29, 1.82) is 0 Å². The number of hydrogen-bond acceptors (Lipinski definition) is 5. The van der Waals surface area contributed by atoms with Gasteiger partial charge in [-0.2, -0.15) is 0 Å². The van der Waals surface area contributed by atoms with Gasteiger partial charge in [0.2, 0.25) is 0 Å². The van der Waals surface area contributed by atoms with Crippen LogP contribution in [-0.4, -0.2) is 34.6 Å². The van der Waals surface area contributed by atoms with Crippen molar-refractivity contribution in [1.82, 2.24) is 20.2 Å². The first-order chi connectivity index (χ1) is 8.31. The lowest BCUT2D eigenvalue weighted by molar-refractivity contribution is 0.0933. The van der Waals surface area contributed by atoms with Crippen LogP contribution in [0.3, 0.4) is 0 Å². The Hall–Kier alpha value is -1.01. The highest BCUT2D eigenvalue weighted by molar-refractivity contribution is 7.08. The topological polar surface area (TPSA) is 66.9 Å². The van der Waals surface area contributed by atoms with Crippen LogP contribution < -0.4 is 10.6 Å². The van der Waals surface area contributed by atoms with Crippen molar-refractivity contribution in [2.45, 2.75) is 38.6 Å². The zero-order chi connectivity index (χ0) is 12.1. The summed E-state index contributed by atoms with van der Waals surface area (Å²) in [6, 6.07) is 0.243. The molecule has 0 aliphatic carbocycles. The molecule has 0 radical (unpaired) electrons. The van der Waals surface area contributed by atoms with E-state index in [2.05, 4.69) is 27.1 Å². The summed E-state index contributed by atoms with van der Waals surface area (Å²) in [4.78, 5) is 12.7.